The second-order valence-electron chi connectivity index (χ2n) is 5.35. The molecule has 2 aromatic rings. The van der Waals surface area contributed by atoms with Crippen LogP contribution in [0.5, 0.6) is 0 Å². The number of nitrogens with zero attached hydrogens (tertiary/aromatic N) is 3. The average molecular weight is 485 g/mol. The van der Waals surface area contributed by atoms with Crippen LogP contribution >= 0.6 is 24.0 Å². The van der Waals surface area contributed by atoms with E-state index in [4.69, 9.17) is 0 Å². The van der Waals surface area contributed by atoms with Gasteiger partial charge in [-0.2, -0.15) is 18.3 Å². The molecule has 0 aliphatic rings. The predicted molar refractivity (Wildman–Crippen MR) is 102 cm³/mol. The second kappa shape index (κ2) is 9.74. The fourth-order valence-electron chi connectivity index (χ4n) is 2.19. The number of rotatable bonds is 5. The van der Waals surface area contributed by atoms with E-state index in [2.05, 4.69) is 20.7 Å². The molecule has 0 bridgehead atoms. The SMILES string of the molecule is CCNC(=NCc1ccc(F)cc1)NCc1cn(C)nc1C(F)(F)F.I. The Kier molecular flexibility index (Phi) is 8.31. The second-order valence-corrected chi connectivity index (χ2v) is 5.35. The molecule has 0 amide bonds. The third kappa shape index (κ3) is 6.46. The molecule has 0 fully saturated rings. The highest BCUT2D eigenvalue weighted by molar-refractivity contribution is 14.0. The summed E-state index contributed by atoms with van der Waals surface area (Å²) < 4.78 is 52.9. The standard InChI is InChI=1S/C16H19F4N5.HI/c1-3-21-15(22-8-11-4-6-13(17)7-5-11)23-9-12-10-25(2)24-14(12)16(18,19)20;/h4-7,10H,3,8-9H2,1-2H3,(H2,21,22,23);1H. The van der Waals surface area contributed by atoms with E-state index in [1.807, 2.05) is 6.92 Å². The number of guanidine groups is 1. The molecule has 5 nitrogen and oxygen atoms in total. The van der Waals surface area contributed by atoms with Gasteiger partial charge in [0.15, 0.2) is 11.7 Å². The van der Waals surface area contributed by atoms with Crippen molar-refractivity contribution in [3.63, 3.8) is 0 Å². The lowest BCUT2D eigenvalue weighted by Gasteiger charge is -2.12. The van der Waals surface area contributed by atoms with Crippen LogP contribution in [0.25, 0.3) is 0 Å². The van der Waals surface area contributed by atoms with Gasteiger partial charge in [-0.25, -0.2) is 9.38 Å². The number of aryl methyl sites for hydroxylation is 1. The summed E-state index contributed by atoms with van der Waals surface area (Å²) in [6.45, 7) is 2.60. The molecule has 0 saturated heterocycles. The molecule has 0 atom stereocenters. The van der Waals surface area contributed by atoms with E-state index in [-0.39, 0.29) is 48.4 Å². The zero-order valence-electron chi connectivity index (χ0n) is 14.3. The van der Waals surface area contributed by atoms with Gasteiger partial charge in [-0.3, -0.25) is 4.68 Å². The Labute approximate surface area is 165 Å². The van der Waals surface area contributed by atoms with E-state index in [1.54, 1.807) is 12.1 Å². The normalized spacial score (nSPS) is 11.8. The fourth-order valence-corrected chi connectivity index (χ4v) is 2.19. The van der Waals surface area contributed by atoms with Gasteiger partial charge in [0, 0.05) is 31.9 Å². The Morgan fingerprint density at radius 2 is 1.85 bits per heavy atom. The third-order valence-corrected chi connectivity index (χ3v) is 3.30. The van der Waals surface area contributed by atoms with Crippen LogP contribution < -0.4 is 10.6 Å². The molecule has 1 aromatic heterocycles. The average Bonchev–Trinajstić information content (AvgIpc) is 2.93. The van der Waals surface area contributed by atoms with Crippen LogP contribution in [-0.2, 0) is 26.3 Å². The maximum atomic E-state index is 13.0. The molecule has 2 rings (SSSR count). The van der Waals surface area contributed by atoms with Crippen LogP contribution in [-0.4, -0.2) is 22.3 Å². The van der Waals surface area contributed by atoms with Crippen LogP contribution in [0.3, 0.4) is 0 Å². The number of hydrogen-bond donors (Lipinski definition) is 2. The van der Waals surface area contributed by atoms with Crippen molar-refractivity contribution in [3.8, 4) is 0 Å². The maximum absolute atomic E-state index is 13.0. The van der Waals surface area contributed by atoms with E-state index in [0.717, 1.165) is 10.2 Å². The molecule has 26 heavy (non-hydrogen) atoms. The summed E-state index contributed by atoms with van der Waals surface area (Å²) in [5, 5.41) is 9.28. The first-order valence-corrected chi connectivity index (χ1v) is 7.66. The van der Waals surface area contributed by atoms with E-state index >= 15 is 0 Å². The number of benzene rings is 1. The summed E-state index contributed by atoms with van der Waals surface area (Å²) in [6.07, 6.45) is -3.19. The minimum Gasteiger partial charge on any atom is -0.357 e. The monoisotopic (exact) mass is 485 g/mol. The molecular formula is C16H20F4IN5. The van der Waals surface area contributed by atoms with Crippen molar-refractivity contribution >= 4 is 29.9 Å². The van der Waals surface area contributed by atoms with Crippen LogP contribution in [0.2, 0.25) is 0 Å². The van der Waals surface area contributed by atoms with Gasteiger partial charge < -0.3 is 10.6 Å². The summed E-state index contributed by atoms with van der Waals surface area (Å²) in [6, 6.07) is 5.86. The van der Waals surface area contributed by atoms with Gasteiger partial charge in [-0.15, -0.1) is 24.0 Å². The first kappa shape index (κ1) is 22.2. The van der Waals surface area contributed by atoms with Gasteiger partial charge in [0.1, 0.15) is 5.82 Å². The van der Waals surface area contributed by atoms with Crippen molar-refractivity contribution < 1.29 is 17.6 Å². The van der Waals surface area contributed by atoms with Crippen LogP contribution in [0.4, 0.5) is 17.6 Å². The Morgan fingerprint density at radius 3 is 2.42 bits per heavy atom. The van der Waals surface area contributed by atoms with Crippen molar-refractivity contribution in [1.82, 2.24) is 20.4 Å². The molecule has 0 unspecified atom stereocenters. The quantitative estimate of drug-likeness (QED) is 0.296. The number of halogens is 5. The minimum atomic E-state index is -4.51. The summed E-state index contributed by atoms with van der Waals surface area (Å²) >= 11 is 0. The van der Waals surface area contributed by atoms with Crippen molar-refractivity contribution in [2.45, 2.75) is 26.2 Å². The largest absolute Gasteiger partial charge is 0.435 e. The van der Waals surface area contributed by atoms with Crippen LogP contribution in [0, 0.1) is 5.82 Å². The van der Waals surface area contributed by atoms with E-state index in [1.165, 1.54) is 25.4 Å². The Hall–Kier alpha value is -1.85. The van der Waals surface area contributed by atoms with E-state index in [9.17, 15) is 17.6 Å². The number of hydrogen-bond acceptors (Lipinski definition) is 2. The van der Waals surface area contributed by atoms with Gasteiger partial charge in [-0.05, 0) is 24.6 Å². The molecule has 144 valence electrons. The first-order chi connectivity index (χ1) is 11.8. The van der Waals surface area contributed by atoms with Crippen molar-refractivity contribution in [3.05, 3.63) is 53.1 Å². The zero-order chi connectivity index (χ0) is 18.4. The molecule has 0 spiro atoms. The predicted octanol–water partition coefficient (Wildman–Crippen LogP) is 3.45. The first-order valence-electron chi connectivity index (χ1n) is 7.66. The van der Waals surface area contributed by atoms with Gasteiger partial charge >= 0.3 is 6.18 Å². The van der Waals surface area contributed by atoms with Gasteiger partial charge in [0.25, 0.3) is 0 Å². The Morgan fingerprint density at radius 1 is 1.19 bits per heavy atom. The highest BCUT2D eigenvalue weighted by Gasteiger charge is 2.36. The lowest BCUT2D eigenvalue weighted by molar-refractivity contribution is -0.142. The lowest BCUT2D eigenvalue weighted by Crippen LogP contribution is -2.37. The number of nitrogens with one attached hydrogen (secondary N) is 2. The topological polar surface area (TPSA) is 54.2 Å². The Balaban J connectivity index is 0.00000338. The summed E-state index contributed by atoms with van der Waals surface area (Å²) in [7, 11) is 1.44. The molecule has 10 heteroatoms. The highest BCUT2D eigenvalue weighted by atomic mass is 127. The molecule has 0 aliphatic carbocycles. The lowest BCUT2D eigenvalue weighted by atomic mass is 10.2. The van der Waals surface area contributed by atoms with Gasteiger partial charge in [-0.1, -0.05) is 12.1 Å². The summed E-state index contributed by atoms with van der Waals surface area (Å²) in [5.74, 6) is 0.0258. The van der Waals surface area contributed by atoms with Crippen molar-refractivity contribution in [2.75, 3.05) is 6.54 Å². The molecule has 1 heterocycles. The van der Waals surface area contributed by atoms with Crippen molar-refractivity contribution in [1.29, 1.82) is 0 Å². The van der Waals surface area contributed by atoms with Gasteiger partial charge in [0.05, 0.1) is 6.54 Å². The zero-order valence-corrected chi connectivity index (χ0v) is 16.6. The summed E-state index contributed by atoms with van der Waals surface area (Å²) in [5.41, 5.74) is -0.102. The molecule has 0 aliphatic heterocycles. The van der Waals surface area contributed by atoms with Gasteiger partial charge in [0.2, 0.25) is 0 Å². The van der Waals surface area contributed by atoms with E-state index in [0.29, 0.717) is 12.5 Å². The smallest absolute Gasteiger partial charge is 0.357 e. The van der Waals surface area contributed by atoms with Crippen LogP contribution in [0.1, 0.15) is 23.7 Å². The Bertz CT molecular complexity index is 725. The number of alkyl halides is 3. The van der Waals surface area contributed by atoms with Crippen LogP contribution in [0.15, 0.2) is 35.5 Å². The number of aromatic nitrogens is 2. The fraction of sp³-hybridized carbons (Fsp3) is 0.375. The molecular weight excluding hydrogens is 465 g/mol. The van der Waals surface area contributed by atoms with E-state index < -0.39 is 11.9 Å². The molecule has 0 saturated carbocycles. The number of aliphatic imine (C=N–C) groups is 1. The molecule has 2 N–H and O–H groups in total. The highest BCUT2D eigenvalue weighted by Crippen LogP contribution is 2.30. The third-order valence-electron chi connectivity index (χ3n) is 3.30. The molecule has 1 aromatic carbocycles. The minimum absolute atomic E-state index is 0. The van der Waals surface area contributed by atoms with Crippen molar-refractivity contribution in [2.24, 2.45) is 12.0 Å². The summed E-state index contributed by atoms with van der Waals surface area (Å²) in [4.78, 5) is 4.29. The maximum Gasteiger partial charge on any atom is 0.435 e. The molecule has 0 radical (unpaired) electrons.